The van der Waals surface area contributed by atoms with Crippen molar-refractivity contribution in [2.45, 2.75) is 38.6 Å². The van der Waals surface area contributed by atoms with Crippen molar-refractivity contribution in [1.29, 1.82) is 0 Å². The third-order valence-electron chi connectivity index (χ3n) is 4.23. The molecule has 0 unspecified atom stereocenters. The quantitative estimate of drug-likeness (QED) is 0.777. The van der Waals surface area contributed by atoms with Gasteiger partial charge >= 0.3 is 0 Å². The summed E-state index contributed by atoms with van der Waals surface area (Å²) >= 11 is 1.50. The lowest BCUT2D eigenvalue weighted by Crippen LogP contribution is -2.14. The first-order valence-corrected chi connectivity index (χ1v) is 8.70. The van der Waals surface area contributed by atoms with Gasteiger partial charge in [-0.2, -0.15) is 0 Å². The molecule has 118 valence electrons. The molecule has 2 aromatic heterocycles. The minimum atomic E-state index is -0.0157. The van der Waals surface area contributed by atoms with Crippen LogP contribution in [0.4, 0.5) is 5.13 Å². The second kappa shape index (κ2) is 5.77. The number of anilines is 1. The Morgan fingerprint density at radius 3 is 3.04 bits per heavy atom. The van der Waals surface area contributed by atoms with Crippen LogP contribution < -0.4 is 5.32 Å². The summed E-state index contributed by atoms with van der Waals surface area (Å²) in [5.74, 6) is 0.561. The number of aryl methyl sites for hydroxylation is 2. The average Bonchev–Trinajstić information content (AvgIpc) is 3.14. The third kappa shape index (κ3) is 2.99. The molecular weight excluding hydrogens is 308 g/mol. The van der Waals surface area contributed by atoms with Crippen LogP contribution in [0.15, 0.2) is 30.5 Å². The number of carbonyl (C=O) groups is 1. The normalized spacial score (nSPS) is 14.3. The van der Waals surface area contributed by atoms with Gasteiger partial charge in [-0.25, -0.2) is 0 Å². The molecule has 6 heteroatoms. The molecule has 0 atom stereocenters. The van der Waals surface area contributed by atoms with E-state index in [9.17, 15) is 4.79 Å². The monoisotopic (exact) mass is 326 g/mol. The number of rotatable bonds is 5. The molecule has 4 rings (SSSR count). The fourth-order valence-corrected chi connectivity index (χ4v) is 3.68. The van der Waals surface area contributed by atoms with Crippen LogP contribution in [0.25, 0.3) is 10.9 Å². The van der Waals surface area contributed by atoms with Crippen LogP contribution in [0.1, 0.15) is 35.8 Å². The molecule has 2 heterocycles. The zero-order valence-electron chi connectivity index (χ0n) is 13.0. The number of benzene rings is 1. The van der Waals surface area contributed by atoms with Crippen LogP contribution in [-0.4, -0.2) is 20.7 Å². The molecule has 1 aliphatic rings. The summed E-state index contributed by atoms with van der Waals surface area (Å²) in [5.41, 5.74) is 2.43. The Bertz CT molecular complexity index is 862. The summed E-state index contributed by atoms with van der Waals surface area (Å²) in [7, 11) is 0. The fourth-order valence-electron chi connectivity index (χ4n) is 2.76. The number of hydrogen-bond donors (Lipinski definition) is 1. The molecule has 0 saturated heterocycles. The van der Waals surface area contributed by atoms with E-state index in [-0.39, 0.29) is 5.91 Å². The molecule has 0 bridgehead atoms. The van der Waals surface area contributed by atoms with E-state index in [2.05, 4.69) is 51.3 Å². The molecule has 23 heavy (non-hydrogen) atoms. The van der Waals surface area contributed by atoms with Gasteiger partial charge in [0.05, 0.1) is 0 Å². The van der Waals surface area contributed by atoms with E-state index in [0.29, 0.717) is 24.0 Å². The number of hydrogen-bond acceptors (Lipinski definition) is 4. The number of nitrogens with one attached hydrogen (secondary N) is 1. The zero-order valence-corrected chi connectivity index (χ0v) is 13.8. The van der Waals surface area contributed by atoms with E-state index in [1.807, 2.05) is 6.20 Å². The first-order chi connectivity index (χ1) is 11.2. The highest BCUT2D eigenvalue weighted by molar-refractivity contribution is 7.15. The predicted octanol–water partition coefficient (Wildman–Crippen LogP) is 3.71. The van der Waals surface area contributed by atoms with Crippen molar-refractivity contribution >= 4 is 33.3 Å². The highest BCUT2D eigenvalue weighted by Crippen LogP contribution is 2.42. The van der Waals surface area contributed by atoms with Crippen molar-refractivity contribution in [2.75, 3.05) is 5.32 Å². The van der Waals surface area contributed by atoms with Gasteiger partial charge in [-0.1, -0.05) is 23.5 Å². The zero-order chi connectivity index (χ0) is 15.8. The minimum absolute atomic E-state index is 0.0157. The number of carbonyl (C=O) groups excluding carboxylic acids is 1. The van der Waals surface area contributed by atoms with Gasteiger partial charge in [-0.15, -0.1) is 10.2 Å². The maximum absolute atomic E-state index is 12.1. The van der Waals surface area contributed by atoms with Gasteiger partial charge in [0, 0.05) is 36.0 Å². The Hall–Kier alpha value is -2.21. The summed E-state index contributed by atoms with van der Waals surface area (Å²) in [5, 5.41) is 14.0. The number of fused-ring (bicyclic) bond motifs is 1. The highest BCUT2D eigenvalue weighted by atomic mass is 32.1. The van der Waals surface area contributed by atoms with Crippen molar-refractivity contribution in [1.82, 2.24) is 14.8 Å². The fraction of sp³-hybridized carbons (Fsp3) is 0.353. The smallest absolute Gasteiger partial charge is 0.227 e. The maximum Gasteiger partial charge on any atom is 0.227 e. The predicted molar refractivity (Wildman–Crippen MR) is 91.8 cm³/mol. The van der Waals surface area contributed by atoms with Gasteiger partial charge in [0.1, 0.15) is 5.01 Å². The van der Waals surface area contributed by atoms with E-state index >= 15 is 0 Å². The van der Waals surface area contributed by atoms with Crippen molar-refractivity contribution in [3.63, 3.8) is 0 Å². The summed E-state index contributed by atoms with van der Waals surface area (Å²) in [6.45, 7) is 2.76. The minimum Gasteiger partial charge on any atom is -0.347 e. The van der Waals surface area contributed by atoms with Gasteiger partial charge in [-0.3, -0.25) is 4.79 Å². The van der Waals surface area contributed by atoms with E-state index in [0.717, 1.165) is 5.01 Å². The SMILES string of the molecule is Cc1cccc2c1ccn2CCC(=O)Nc1nnc(C2CC2)s1. The van der Waals surface area contributed by atoms with Crippen LogP contribution in [0.3, 0.4) is 0 Å². The summed E-state index contributed by atoms with van der Waals surface area (Å²) < 4.78 is 2.12. The van der Waals surface area contributed by atoms with E-state index in [1.165, 1.54) is 40.6 Å². The van der Waals surface area contributed by atoms with Crippen LogP contribution in [0, 0.1) is 6.92 Å². The maximum atomic E-state index is 12.1. The lowest BCUT2D eigenvalue weighted by molar-refractivity contribution is -0.116. The highest BCUT2D eigenvalue weighted by Gasteiger charge is 2.27. The molecule has 1 aromatic carbocycles. The van der Waals surface area contributed by atoms with Gasteiger partial charge < -0.3 is 9.88 Å². The van der Waals surface area contributed by atoms with Crippen molar-refractivity contribution in [2.24, 2.45) is 0 Å². The third-order valence-corrected chi connectivity index (χ3v) is 5.23. The van der Waals surface area contributed by atoms with Crippen molar-refractivity contribution in [3.05, 3.63) is 41.0 Å². The Balaban J connectivity index is 1.39. The van der Waals surface area contributed by atoms with Crippen molar-refractivity contribution < 1.29 is 4.79 Å². The molecule has 0 aliphatic heterocycles. The Labute approximate surface area is 138 Å². The first-order valence-electron chi connectivity index (χ1n) is 7.88. The largest absolute Gasteiger partial charge is 0.347 e. The second-order valence-electron chi connectivity index (χ2n) is 6.03. The topological polar surface area (TPSA) is 59.8 Å². The Morgan fingerprint density at radius 1 is 1.35 bits per heavy atom. The summed E-state index contributed by atoms with van der Waals surface area (Å²) in [4.78, 5) is 12.1. The number of aromatic nitrogens is 3. The molecule has 1 N–H and O–H groups in total. The molecule has 3 aromatic rings. The first kappa shape index (κ1) is 14.4. The second-order valence-corrected chi connectivity index (χ2v) is 7.04. The van der Waals surface area contributed by atoms with Crippen LogP contribution in [-0.2, 0) is 11.3 Å². The molecule has 0 radical (unpaired) electrons. The Morgan fingerprint density at radius 2 is 2.22 bits per heavy atom. The lowest BCUT2D eigenvalue weighted by Gasteiger charge is -2.06. The van der Waals surface area contributed by atoms with Crippen LogP contribution in [0.2, 0.25) is 0 Å². The van der Waals surface area contributed by atoms with Gasteiger partial charge in [0.15, 0.2) is 0 Å². The number of nitrogens with zero attached hydrogens (tertiary/aromatic N) is 3. The molecule has 1 saturated carbocycles. The van der Waals surface area contributed by atoms with Crippen LogP contribution in [0.5, 0.6) is 0 Å². The van der Waals surface area contributed by atoms with Gasteiger partial charge in [0.25, 0.3) is 0 Å². The molecule has 1 amide bonds. The van der Waals surface area contributed by atoms with Crippen molar-refractivity contribution in [3.8, 4) is 0 Å². The van der Waals surface area contributed by atoms with Crippen LogP contribution >= 0.6 is 11.3 Å². The lowest BCUT2D eigenvalue weighted by atomic mass is 10.1. The summed E-state index contributed by atoms with van der Waals surface area (Å²) in [6, 6.07) is 8.35. The molecule has 5 nitrogen and oxygen atoms in total. The van der Waals surface area contributed by atoms with Gasteiger partial charge in [0.2, 0.25) is 11.0 Å². The van der Waals surface area contributed by atoms with E-state index in [4.69, 9.17) is 0 Å². The Kier molecular flexibility index (Phi) is 3.61. The van der Waals surface area contributed by atoms with E-state index < -0.39 is 0 Å². The number of amides is 1. The standard InChI is InChI=1S/C17H18N4OS/c1-11-3-2-4-14-13(11)7-9-21(14)10-8-15(22)18-17-20-19-16(23-17)12-5-6-12/h2-4,7,9,12H,5-6,8,10H2,1H3,(H,18,20,22). The average molecular weight is 326 g/mol. The molecule has 0 spiro atoms. The molecule has 1 fully saturated rings. The van der Waals surface area contributed by atoms with Gasteiger partial charge in [-0.05, 0) is 37.5 Å². The molecular formula is C17H18N4OS. The summed E-state index contributed by atoms with van der Waals surface area (Å²) in [6.07, 6.45) is 4.86. The van der Waals surface area contributed by atoms with E-state index in [1.54, 1.807) is 0 Å². The molecule has 1 aliphatic carbocycles.